The molecule has 2 nitrogen and oxygen atoms in total. The minimum absolute atomic E-state index is 0.157. The van der Waals surface area contributed by atoms with Crippen LogP contribution in [0, 0.1) is 6.92 Å². The second-order valence-corrected chi connectivity index (χ2v) is 5.07. The van der Waals surface area contributed by atoms with Crippen molar-refractivity contribution in [2.24, 2.45) is 0 Å². The molecule has 0 saturated heterocycles. The molecule has 0 radical (unpaired) electrons. The maximum atomic E-state index is 5.79. The molecule has 0 aliphatic rings. The first-order valence-corrected chi connectivity index (χ1v) is 6.82. The van der Waals surface area contributed by atoms with E-state index in [9.17, 15) is 0 Å². The first-order valence-electron chi connectivity index (χ1n) is 6.82. The smallest absolute Gasteiger partial charge is 0.123 e. The number of fused-ring (bicyclic) bond motifs is 1. The third-order valence-corrected chi connectivity index (χ3v) is 3.77. The highest BCUT2D eigenvalue weighted by Gasteiger charge is 2.19. The van der Waals surface area contributed by atoms with Crippen LogP contribution in [0.25, 0.3) is 10.8 Å². The Labute approximate surface area is 119 Å². The van der Waals surface area contributed by atoms with Crippen molar-refractivity contribution in [3.8, 4) is 5.75 Å². The van der Waals surface area contributed by atoms with E-state index in [4.69, 9.17) is 9.15 Å². The third-order valence-electron chi connectivity index (χ3n) is 3.77. The van der Waals surface area contributed by atoms with Crippen molar-refractivity contribution in [3.05, 3.63) is 65.6 Å². The van der Waals surface area contributed by atoms with Crippen LogP contribution in [0.2, 0.25) is 0 Å². The van der Waals surface area contributed by atoms with Crippen molar-refractivity contribution >= 4 is 10.8 Å². The van der Waals surface area contributed by atoms with Gasteiger partial charge in [0.1, 0.15) is 17.3 Å². The molecule has 102 valence electrons. The number of hydrogen-bond acceptors (Lipinski definition) is 2. The average Bonchev–Trinajstić information content (AvgIpc) is 2.92. The van der Waals surface area contributed by atoms with Crippen molar-refractivity contribution in [2.45, 2.75) is 19.8 Å². The van der Waals surface area contributed by atoms with Gasteiger partial charge in [0.2, 0.25) is 0 Å². The molecule has 0 N–H and O–H groups in total. The number of aryl methyl sites for hydroxylation is 1. The van der Waals surface area contributed by atoms with Crippen LogP contribution in [0.15, 0.2) is 52.9 Å². The van der Waals surface area contributed by atoms with E-state index in [1.165, 1.54) is 16.3 Å². The minimum atomic E-state index is 0.157. The van der Waals surface area contributed by atoms with Crippen LogP contribution < -0.4 is 4.74 Å². The summed E-state index contributed by atoms with van der Waals surface area (Å²) in [6.45, 7) is 4.12. The van der Waals surface area contributed by atoms with Gasteiger partial charge in [-0.05, 0) is 35.9 Å². The first kappa shape index (κ1) is 12.8. The number of furan rings is 1. The molecule has 0 aliphatic carbocycles. The van der Waals surface area contributed by atoms with Crippen LogP contribution in [-0.2, 0) is 0 Å². The summed E-state index contributed by atoms with van der Waals surface area (Å²) in [4.78, 5) is 0. The van der Waals surface area contributed by atoms with E-state index in [-0.39, 0.29) is 5.92 Å². The lowest BCUT2D eigenvalue weighted by Gasteiger charge is -2.17. The topological polar surface area (TPSA) is 22.4 Å². The molecule has 0 spiro atoms. The van der Waals surface area contributed by atoms with Gasteiger partial charge in [-0.15, -0.1) is 0 Å². The molecular formula is C18H18O2. The third kappa shape index (κ3) is 2.07. The van der Waals surface area contributed by atoms with Crippen molar-refractivity contribution in [1.82, 2.24) is 0 Å². The van der Waals surface area contributed by atoms with Crippen LogP contribution in [0.4, 0.5) is 0 Å². The lowest BCUT2D eigenvalue weighted by molar-refractivity contribution is 0.404. The average molecular weight is 266 g/mol. The van der Waals surface area contributed by atoms with E-state index in [0.717, 1.165) is 17.3 Å². The Bertz CT molecular complexity index is 740. The largest absolute Gasteiger partial charge is 0.496 e. The van der Waals surface area contributed by atoms with Crippen LogP contribution in [-0.4, -0.2) is 7.11 Å². The molecule has 20 heavy (non-hydrogen) atoms. The molecule has 0 aliphatic heterocycles. The van der Waals surface area contributed by atoms with Gasteiger partial charge in [-0.25, -0.2) is 0 Å². The monoisotopic (exact) mass is 266 g/mol. The Balaban J connectivity index is 2.22. The Morgan fingerprint density at radius 3 is 2.50 bits per heavy atom. The summed E-state index contributed by atoms with van der Waals surface area (Å²) in [5.41, 5.74) is 1.18. The molecule has 0 fully saturated rings. The van der Waals surface area contributed by atoms with Gasteiger partial charge in [0.15, 0.2) is 0 Å². The van der Waals surface area contributed by atoms with Crippen molar-refractivity contribution in [3.63, 3.8) is 0 Å². The summed E-state index contributed by atoms with van der Waals surface area (Å²) < 4.78 is 11.4. The van der Waals surface area contributed by atoms with E-state index in [1.54, 1.807) is 7.11 Å². The number of ether oxygens (including phenoxy) is 1. The second kappa shape index (κ2) is 5.04. The number of rotatable bonds is 3. The predicted octanol–water partition coefficient (Wildman–Crippen LogP) is 4.90. The fourth-order valence-corrected chi connectivity index (χ4v) is 2.73. The van der Waals surface area contributed by atoms with E-state index >= 15 is 0 Å². The summed E-state index contributed by atoms with van der Waals surface area (Å²) in [5, 5.41) is 2.44. The summed E-state index contributed by atoms with van der Waals surface area (Å²) in [5.74, 6) is 2.97. The zero-order valence-corrected chi connectivity index (χ0v) is 12.0. The van der Waals surface area contributed by atoms with Crippen LogP contribution in [0.5, 0.6) is 5.75 Å². The van der Waals surface area contributed by atoms with Gasteiger partial charge in [0.25, 0.3) is 0 Å². The first-order chi connectivity index (χ1) is 9.70. The maximum Gasteiger partial charge on any atom is 0.123 e. The molecule has 2 aromatic carbocycles. The molecule has 1 aromatic heterocycles. The lowest BCUT2D eigenvalue weighted by Crippen LogP contribution is -2.00. The maximum absolute atomic E-state index is 5.79. The van der Waals surface area contributed by atoms with Crippen molar-refractivity contribution < 1.29 is 9.15 Å². The van der Waals surface area contributed by atoms with Gasteiger partial charge < -0.3 is 9.15 Å². The molecule has 2 heteroatoms. The molecule has 1 atom stereocenters. The quantitative estimate of drug-likeness (QED) is 0.672. The highest BCUT2D eigenvalue weighted by molar-refractivity contribution is 5.88. The zero-order chi connectivity index (χ0) is 14.1. The number of methoxy groups -OCH3 is 1. The van der Waals surface area contributed by atoms with E-state index in [2.05, 4.69) is 37.3 Å². The fourth-order valence-electron chi connectivity index (χ4n) is 2.73. The van der Waals surface area contributed by atoms with E-state index in [1.807, 2.05) is 25.1 Å². The Morgan fingerprint density at radius 2 is 1.80 bits per heavy atom. The van der Waals surface area contributed by atoms with Crippen molar-refractivity contribution in [1.29, 1.82) is 0 Å². The standard InChI is InChI=1S/C18H18O2/c1-12-8-10-16(20-12)13(2)18-15-7-5-4-6-14(15)9-11-17(18)19-3/h4-11,13H,1-3H3. The molecule has 0 saturated carbocycles. The van der Waals surface area contributed by atoms with E-state index < -0.39 is 0 Å². The van der Waals surface area contributed by atoms with Gasteiger partial charge in [0.05, 0.1) is 7.11 Å². The summed E-state index contributed by atoms with van der Waals surface area (Å²) >= 11 is 0. The van der Waals surface area contributed by atoms with Crippen LogP contribution in [0.3, 0.4) is 0 Å². The van der Waals surface area contributed by atoms with Crippen LogP contribution in [0.1, 0.15) is 29.9 Å². The molecular weight excluding hydrogens is 248 g/mol. The van der Waals surface area contributed by atoms with Gasteiger partial charge >= 0.3 is 0 Å². The van der Waals surface area contributed by atoms with Gasteiger partial charge in [0, 0.05) is 11.5 Å². The van der Waals surface area contributed by atoms with E-state index in [0.29, 0.717) is 0 Å². The molecule has 0 bridgehead atoms. The molecule has 0 amide bonds. The van der Waals surface area contributed by atoms with Gasteiger partial charge in [-0.2, -0.15) is 0 Å². The molecule has 1 unspecified atom stereocenters. The summed E-state index contributed by atoms with van der Waals surface area (Å²) in [6, 6.07) is 16.6. The normalized spacial score (nSPS) is 12.6. The molecule has 3 aromatic rings. The fraction of sp³-hybridized carbons (Fsp3) is 0.222. The van der Waals surface area contributed by atoms with Gasteiger partial charge in [-0.1, -0.05) is 37.3 Å². The van der Waals surface area contributed by atoms with Gasteiger partial charge in [-0.3, -0.25) is 0 Å². The lowest BCUT2D eigenvalue weighted by atomic mass is 9.92. The minimum Gasteiger partial charge on any atom is -0.496 e. The van der Waals surface area contributed by atoms with Crippen LogP contribution >= 0.6 is 0 Å². The summed E-state index contributed by atoms with van der Waals surface area (Å²) in [6.07, 6.45) is 0. The van der Waals surface area contributed by atoms with Crippen molar-refractivity contribution in [2.75, 3.05) is 7.11 Å². The SMILES string of the molecule is COc1ccc2ccccc2c1C(C)c1ccc(C)o1. The predicted molar refractivity (Wildman–Crippen MR) is 81.5 cm³/mol. The zero-order valence-electron chi connectivity index (χ0n) is 12.0. The molecule has 3 rings (SSSR count). The Morgan fingerprint density at radius 1 is 1.00 bits per heavy atom. The highest BCUT2D eigenvalue weighted by Crippen LogP contribution is 2.37. The highest BCUT2D eigenvalue weighted by atomic mass is 16.5. The number of benzene rings is 2. The Hall–Kier alpha value is -2.22. The number of hydrogen-bond donors (Lipinski definition) is 0. The second-order valence-electron chi connectivity index (χ2n) is 5.07. The molecule has 1 heterocycles. The Kier molecular flexibility index (Phi) is 3.23. The summed E-state index contributed by atoms with van der Waals surface area (Å²) in [7, 11) is 1.72.